The zero-order valence-corrected chi connectivity index (χ0v) is 18.0. The summed E-state index contributed by atoms with van der Waals surface area (Å²) in [5, 5.41) is 12.0. The van der Waals surface area contributed by atoms with Crippen molar-refractivity contribution in [3.05, 3.63) is 66.4 Å². The quantitative estimate of drug-likeness (QED) is 0.336. The molecule has 0 aliphatic heterocycles. The molecule has 5 aromatic rings. The average Bonchev–Trinajstić information content (AvgIpc) is 3.52. The molecule has 0 aliphatic rings. The van der Waals surface area contributed by atoms with Crippen LogP contribution in [0, 0.1) is 6.92 Å². The summed E-state index contributed by atoms with van der Waals surface area (Å²) < 4.78 is 11.9. The highest BCUT2D eigenvalue weighted by Gasteiger charge is 2.13. The number of carbonyl (C=O) groups excluding carboxylic acids is 1. The first-order chi connectivity index (χ1) is 15.1. The lowest BCUT2D eigenvalue weighted by atomic mass is 10.2. The maximum atomic E-state index is 12.3. The predicted octanol–water partition coefficient (Wildman–Crippen LogP) is 5.65. The Kier molecular flexibility index (Phi) is 5.27. The van der Waals surface area contributed by atoms with Gasteiger partial charge in [0.2, 0.25) is 5.91 Å². The second-order valence-electron chi connectivity index (χ2n) is 6.75. The number of nitrogens with one attached hydrogen (secondary N) is 1. The van der Waals surface area contributed by atoms with E-state index >= 15 is 0 Å². The molecule has 0 radical (unpaired) electrons. The topological polar surface area (TPSA) is 94.1 Å². The fourth-order valence-electron chi connectivity index (χ4n) is 2.94. The Bertz CT molecular complexity index is 1340. The summed E-state index contributed by atoms with van der Waals surface area (Å²) in [6.07, 6.45) is 1.53. The number of benzene rings is 2. The Morgan fingerprint density at radius 2 is 2.00 bits per heavy atom. The van der Waals surface area contributed by atoms with Crippen LogP contribution in [0.4, 0.5) is 5.69 Å². The molecule has 9 heteroatoms. The first kappa shape index (κ1) is 19.5. The first-order valence-corrected chi connectivity index (χ1v) is 11.2. The summed E-state index contributed by atoms with van der Waals surface area (Å²) in [5.74, 6) is 0.769. The van der Waals surface area contributed by atoms with E-state index in [0.717, 1.165) is 16.1 Å². The third-order valence-electron chi connectivity index (χ3n) is 4.42. The lowest BCUT2D eigenvalue weighted by Gasteiger charge is -2.04. The normalized spacial score (nSPS) is 11.1. The Hall–Kier alpha value is -3.43. The van der Waals surface area contributed by atoms with Crippen molar-refractivity contribution in [3.8, 4) is 22.2 Å². The molecule has 0 aliphatic carbocycles. The minimum atomic E-state index is -0.161. The van der Waals surface area contributed by atoms with Gasteiger partial charge in [0.25, 0.3) is 11.1 Å². The molecule has 1 N–H and O–H groups in total. The molecule has 7 nitrogen and oxygen atoms in total. The standard InChI is InChI=1S/C22H16N4O3S2/c1-13-4-9-16-18(11-13)31-21(24-16)14-5-7-15(8-6-14)23-19(27)12-30-22-26-25-20(29-22)17-3-2-10-28-17/h2-11H,12H2,1H3,(H,23,27). The van der Waals surface area contributed by atoms with Crippen LogP contribution in [0.1, 0.15) is 5.56 Å². The fourth-order valence-corrected chi connectivity index (χ4v) is 4.58. The highest BCUT2D eigenvalue weighted by Crippen LogP contribution is 2.31. The van der Waals surface area contributed by atoms with Gasteiger partial charge in [0.1, 0.15) is 5.01 Å². The van der Waals surface area contributed by atoms with Crippen LogP contribution in [-0.4, -0.2) is 26.8 Å². The molecule has 31 heavy (non-hydrogen) atoms. The van der Waals surface area contributed by atoms with Crippen molar-refractivity contribution in [2.24, 2.45) is 0 Å². The minimum absolute atomic E-state index is 0.152. The third-order valence-corrected chi connectivity index (χ3v) is 6.31. The van der Waals surface area contributed by atoms with Gasteiger partial charge in [-0.25, -0.2) is 4.98 Å². The third kappa shape index (κ3) is 4.37. The number of fused-ring (bicyclic) bond motifs is 1. The zero-order valence-electron chi connectivity index (χ0n) is 16.4. The van der Waals surface area contributed by atoms with Crippen LogP contribution in [-0.2, 0) is 4.79 Å². The van der Waals surface area contributed by atoms with Crippen molar-refractivity contribution in [2.45, 2.75) is 12.1 Å². The maximum Gasteiger partial charge on any atom is 0.284 e. The lowest BCUT2D eigenvalue weighted by Crippen LogP contribution is -2.13. The lowest BCUT2D eigenvalue weighted by molar-refractivity contribution is -0.113. The summed E-state index contributed by atoms with van der Waals surface area (Å²) in [6, 6.07) is 17.4. The molecule has 0 unspecified atom stereocenters. The van der Waals surface area contributed by atoms with Crippen molar-refractivity contribution in [1.29, 1.82) is 0 Å². The molecule has 0 saturated carbocycles. The van der Waals surface area contributed by atoms with Gasteiger partial charge in [0, 0.05) is 11.3 Å². The molecule has 0 atom stereocenters. The van der Waals surface area contributed by atoms with Crippen LogP contribution in [0.3, 0.4) is 0 Å². The van der Waals surface area contributed by atoms with E-state index in [0.29, 0.717) is 16.7 Å². The Morgan fingerprint density at radius 3 is 2.81 bits per heavy atom. The number of hydrogen-bond donors (Lipinski definition) is 1. The van der Waals surface area contributed by atoms with Crippen LogP contribution in [0.25, 0.3) is 32.4 Å². The molecule has 154 valence electrons. The van der Waals surface area contributed by atoms with Gasteiger partial charge < -0.3 is 14.2 Å². The van der Waals surface area contributed by atoms with Crippen molar-refractivity contribution >= 4 is 44.9 Å². The summed E-state index contributed by atoms with van der Waals surface area (Å²) in [6.45, 7) is 2.07. The van der Waals surface area contributed by atoms with E-state index in [9.17, 15) is 4.79 Å². The molecule has 3 aromatic heterocycles. The van der Waals surface area contributed by atoms with Gasteiger partial charge in [-0.1, -0.05) is 17.8 Å². The summed E-state index contributed by atoms with van der Waals surface area (Å²) in [5.41, 5.74) is 3.95. The Balaban J connectivity index is 1.19. The van der Waals surface area contributed by atoms with Gasteiger partial charge in [0.05, 0.1) is 22.2 Å². The number of aryl methyl sites for hydroxylation is 1. The molecule has 1 amide bonds. The van der Waals surface area contributed by atoms with Gasteiger partial charge in [-0.2, -0.15) is 0 Å². The number of furan rings is 1. The Morgan fingerprint density at radius 1 is 1.13 bits per heavy atom. The van der Waals surface area contributed by atoms with E-state index in [4.69, 9.17) is 13.8 Å². The number of anilines is 1. The number of rotatable bonds is 6. The number of hydrogen-bond acceptors (Lipinski definition) is 8. The number of amides is 1. The molecule has 0 spiro atoms. The van der Waals surface area contributed by atoms with Crippen molar-refractivity contribution in [1.82, 2.24) is 15.2 Å². The van der Waals surface area contributed by atoms with Gasteiger partial charge in [-0.05, 0) is 61.0 Å². The highest BCUT2D eigenvalue weighted by atomic mass is 32.2. The molecule has 3 heterocycles. The van der Waals surface area contributed by atoms with Gasteiger partial charge in [-0.15, -0.1) is 21.5 Å². The predicted molar refractivity (Wildman–Crippen MR) is 121 cm³/mol. The molecule has 2 aromatic carbocycles. The van der Waals surface area contributed by atoms with Crippen LogP contribution in [0.5, 0.6) is 0 Å². The van der Waals surface area contributed by atoms with E-state index in [1.54, 1.807) is 23.5 Å². The van der Waals surface area contributed by atoms with Crippen molar-refractivity contribution in [2.75, 3.05) is 11.1 Å². The first-order valence-electron chi connectivity index (χ1n) is 9.42. The van der Waals surface area contributed by atoms with Gasteiger partial charge in [-0.3, -0.25) is 4.79 Å². The minimum Gasteiger partial charge on any atom is -0.459 e. The molecule has 5 rings (SSSR count). The van der Waals surface area contributed by atoms with Crippen molar-refractivity contribution in [3.63, 3.8) is 0 Å². The summed E-state index contributed by atoms with van der Waals surface area (Å²) in [7, 11) is 0. The largest absolute Gasteiger partial charge is 0.459 e. The molecular formula is C22H16N4O3S2. The van der Waals surface area contributed by atoms with E-state index in [1.807, 2.05) is 30.3 Å². The van der Waals surface area contributed by atoms with Crippen LogP contribution < -0.4 is 5.32 Å². The zero-order chi connectivity index (χ0) is 21.2. The fraction of sp³-hybridized carbons (Fsp3) is 0.0909. The number of thiazole rings is 1. The molecule has 0 saturated heterocycles. The summed E-state index contributed by atoms with van der Waals surface area (Å²) in [4.78, 5) is 17.0. The molecular weight excluding hydrogens is 432 g/mol. The van der Waals surface area contributed by atoms with Crippen LogP contribution >= 0.6 is 23.1 Å². The smallest absolute Gasteiger partial charge is 0.284 e. The molecule has 0 fully saturated rings. The van der Waals surface area contributed by atoms with E-state index in [2.05, 4.69) is 34.6 Å². The van der Waals surface area contributed by atoms with Crippen LogP contribution in [0.15, 0.2) is 74.9 Å². The van der Waals surface area contributed by atoms with Gasteiger partial charge in [0.15, 0.2) is 5.76 Å². The van der Waals surface area contributed by atoms with E-state index in [-0.39, 0.29) is 17.6 Å². The maximum absolute atomic E-state index is 12.3. The van der Waals surface area contributed by atoms with E-state index < -0.39 is 0 Å². The van der Waals surface area contributed by atoms with Gasteiger partial charge >= 0.3 is 0 Å². The summed E-state index contributed by atoms with van der Waals surface area (Å²) >= 11 is 2.83. The highest BCUT2D eigenvalue weighted by molar-refractivity contribution is 7.99. The molecule has 0 bridgehead atoms. The monoisotopic (exact) mass is 448 g/mol. The average molecular weight is 449 g/mol. The SMILES string of the molecule is Cc1ccc2nc(-c3ccc(NC(=O)CSc4nnc(-c5ccco5)o4)cc3)sc2c1. The van der Waals surface area contributed by atoms with Crippen LogP contribution in [0.2, 0.25) is 0 Å². The number of nitrogens with zero attached hydrogens (tertiary/aromatic N) is 3. The Labute approximate surface area is 185 Å². The second kappa shape index (κ2) is 8.37. The number of thioether (sulfide) groups is 1. The number of carbonyl (C=O) groups is 1. The van der Waals surface area contributed by atoms with Crippen molar-refractivity contribution < 1.29 is 13.6 Å². The number of aromatic nitrogens is 3. The second-order valence-corrected chi connectivity index (χ2v) is 8.71. The van der Waals surface area contributed by atoms with E-state index in [1.165, 1.54) is 28.3 Å².